The molecule has 0 radical (unpaired) electrons. The Morgan fingerprint density at radius 3 is 2.57 bits per heavy atom. The van der Waals surface area contributed by atoms with E-state index < -0.39 is 63.4 Å². The summed E-state index contributed by atoms with van der Waals surface area (Å²) >= 11 is 0. The number of benzene rings is 2. The number of halogens is 1. The number of fused-ring (bicyclic) bond motifs is 1. The Labute approximate surface area is 285 Å². The van der Waals surface area contributed by atoms with Crippen LogP contribution in [0, 0.1) is 5.82 Å². The van der Waals surface area contributed by atoms with Crippen LogP contribution in [0.3, 0.4) is 0 Å². The molecule has 13 nitrogen and oxygen atoms in total. The summed E-state index contributed by atoms with van der Waals surface area (Å²) < 4.78 is 54.4. The minimum atomic E-state index is -4.40. The number of rotatable bonds is 14. The Morgan fingerprint density at radius 2 is 1.86 bits per heavy atom. The van der Waals surface area contributed by atoms with Crippen molar-refractivity contribution in [2.24, 2.45) is 0 Å². The van der Waals surface area contributed by atoms with Gasteiger partial charge in [0.05, 0.1) is 25.0 Å². The quantitative estimate of drug-likeness (QED) is 0.198. The average Bonchev–Trinajstić information content (AvgIpc) is 3.36. The van der Waals surface area contributed by atoms with Crippen molar-refractivity contribution in [1.29, 1.82) is 0 Å². The fourth-order valence-electron chi connectivity index (χ4n) is 6.34. The van der Waals surface area contributed by atoms with E-state index in [0.29, 0.717) is 23.4 Å². The van der Waals surface area contributed by atoms with Crippen LogP contribution in [-0.2, 0) is 47.0 Å². The molecular weight excluding hydrogens is 657 g/mol. The summed E-state index contributed by atoms with van der Waals surface area (Å²) in [5.74, 6) is -2.65. The van der Waals surface area contributed by atoms with Gasteiger partial charge < -0.3 is 25.0 Å². The molecule has 0 aromatic heterocycles. The maximum Gasteiger partial charge on any atom is 0.410 e. The van der Waals surface area contributed by atoms with E-state index in [9.17, 15) is 32.0 Å². The Morgan fingerprint density at radius 1 is 1.08 bits per heavy atom. The number of likely N-dealkylation sites (tertiary alicyclic amines) is 1. The molecule has 49 heavy (non-hydrogen) atoms. The van der Waals surface area contributed by atoms with Crippen LogP contribution in [0.25, 0.3) is 0 Å². The number of para-hydroxylation sites is 1. The average molecular weight is 700 g/mol. The largest absolute Gasteiger partial charge is 0.496 e. The molecule has 2 aromatic rings. The molecule has 0 bridgehead atoms. The maximum absolute atomic E-state index is 14.2. The van der Waals surface area contributed by atoms with E-state index >= 15 is 0 Å². The number of ether oxygens (including phenoxy) is 2. The highest BCUT2D eigenvalue weighted by molar-refractivity contribution is 7.90. The predicted molar refractivity (Wildman–Crippen MR) is 177 cm³/mol. The Kier molecular flexibility index (Phi) is 10.8. The molecule has 4 amide bonds. The summed E-state index contributed by atoms with van der Waals surface area (Å²) in [6, 6.07) is 9.68. The molecule has 2 fully saturated rings. The molecule has 0 unspecified atom stereocenters. The third-order valence-corrected chi connectivity index (χ3v) is 10.5. The van der Waals surface area contributed by atoms with E-state index in [-0.39, 0.29) is 37.4 Å². The molecule has 0 spiro atoms. The first-order valence-electron chi connectivity index (χ1n) is 16.4. The minimum absolute atomic E-state index is 0.0264. The first kappa shape index (κ1) is 35.6. The van der Waals surface area contributed by atoms with Crippen molar-refractivity contribution >= 4 is 39.5 Å². The molecule has 15 heteroatoms. The standard InChI is InChI=1S/C34H42FN5O8S/c1-4-6-7-10-16-36-27-14-8-9-15-29(27)49(45,46)38-32(43)34(18-30(34)47-5-2)37-31(42)28-17-24(20-40(28)22(3)41)48-33(44)39-19-23-12-11-13-26(35)25(23)21-39/h5,8-9,11-15,24,28,30,36H,2,4,6-7,10,16-21H2,1,3H3,(H,37,42)(H,38,43)/t24-,28+,30-,34-/m1/s1. The second-order valence-electron chi connectivity index (χ2n) is 12.5. The van der Waals surface area contributed by atoms with E-state index in [1.54, 1.807) is 30.3 Å². The fraction of sp³-hybridized carbons (Fsp3) is 0.471. The zero-order chi connectivity index (χ0) is 35.3. The van der Waals surface area contributed by atoms with Crippen LogP contribution in [0.1, 0.15) is 63.5 Å². The monoisotopic (exact) mass is 699 g/mol. The normalized spacial score (nSPS) is 22.6. The smallest absolute Gasteiger partial charge is 0.410 e. The minimum Gasteiger partial charge on any atom is -0.496 e. The zero-order valence-corrected chi connectivity index (χ0v) is 28.4. The number of nitrogens with one attached hydrogen (secondary N) is 3. The topological polar surface area (TPSA) is 163 Å². The van der Waals surface area contributed by atoms with Gasteiger partial charge >= 0.3 is 6.09 Å². The molecular formula is C34H42FN5O8S. The molecule has 1 saturated carbocycles. The number of hydrogen-bond acceptors (Lipinski definition) is 9. The maximum atomic E-state index is 14.2. The van der Waals surface area contributed by atoms with Gasteiger partial charge in [-0.25, -0.2) is 22.3 Å². The molecule has 264 valence electrons. The summed E-state index contributed by atoms with van der Waals surface area (Å²) in [4.78, 5) is 55.4. The van der Waals surface area contributed by atoms with Gasteiger partial charge in [0.2, 0.25) is 11.8 Å². The molecule has 1 saturated heterocycles. The van der Waals surface area contributed by atoms with Crippen molar-refractivity contribution in [3.63, 3.8) is 0 Å². The number of amides is 4. The van der Waals surface area contributed by atoms with Gasteiger partial charge in [0.1, 0.15) is 29.0 Å². The lowest BCUT2D eigenvalue weighted by molar-refractivity contribution is -0.138. The van der Waals surface area contributed by atoms with E-state index in [2.05, 4.69) is 28.9 Å². The number of hydrogen-bond donors (Lipinski definition) is 3. The van der Waals surface area contributed by atoms with E-state index in [1.165, 1.54) is 28.9 Å². The molecule has 4 atom stereocenters. The van der Waals surface area contributed by atoms with Gasteiger partial charge in [-0.2, -0.15) is 0 Å². The highest BCUT2D eigenvalue weighted by Gasteiger charge is 2.65. The van der Waals surface area contributed by atoms with E-state index in [0.717, 1.165) is 31.9 Å². The van der Waals surface area contributed by atoms with Crippen LogP contribution in [0.5, 0.6) is 0 Å². The third kappa shape index (κ3) is 7.82. The van der Waals surface area contributed by atoms with Crippen LogP contribution in [0.15, 0.2) is 60.2 Å². The second-order valence-corrected chi connectivity index (χ2v) is 14.2. The number of carbonyl (C=O) groups is 4. The van der Waals surface area contributed by atoms with Gasteiger partial charge in [-0.3, -0.25) is 19.3 Å². The molecule has 2 aromatic carbocycles. The number of unbranched alkanes of at least 4 members (excludes halogenated alkanes) is 3. The van der Waals surface area contributed by atoms with Gasteiger partial charge in [-0.1, -0.05) is 57.0 Å². The Bertz CT molecular complexity index is 1720. The summed E-state index contributed by atoms with van der Waals surface area (Å²) in [7, 11) is -4.40. The number of carbonyl (C=O) groups excluding carboxylic acids is 4. The van der Waals surface area contributed by atoms with Crippen LogP contribution < -0.4 is 15.4 Å². The van der Waals surface area contributed by atoms with Gasteiger partial charge in [0.25, 0.3) is 15.9 Å². The van der Waals surface area contributed by atoms with Crippen molar-refractivity contribution in [3.05, 3.63) is 72.2 Å². The van der Waals surface area contributed by atoms with Crippen molar-refractivity contribution < 1.29 is 41.5 Å². The lowest BCUT2D eigenvalue weighted by atomic mass is 10.1. The lowest BCUT2D eigenvalue weighted by Gasteiger charge is -2.25. The second kappa shape index (κ2) is 14.8. The summed E-state index contributed by atoms with van der Waals surface area (Å²) in [5, 5.41) is 5.76. The van der Waals surface area contributed by atoms with Crippen molar-refractivity contribution in [3.8, 4) is 0 Å². The zero-order valence-electron chi connectivity index (χ0n) is 27.6. The van der Waals surface area contributed by atoms with Gasteiger partial charge in [0.15, 0.2) is 5.54 Å². The van der Waals surface area contributed by atoms with Crippen LogP contribution in [0.2, 0.25) is 0 Å². The third-order valence-electron chi connectivity index (χ3n) is 9.08. The van der Waals surface area contributed by atoms with Gasteiger partial charge in [-0.15, -0.1) is 0 Å². The molecule has 5 rings (SSSR count). The van der Waals surface area contributed by atoms with Crippen LogP contribution in [-0.4, -0.2) is 78.9 Å². The van der Waals surface area contributed by atoms with Crippen LogP contribution >= 0.6 is 0 Å². The SMILES string of the molecule is C=CO[C@@H]1C[C@]1(NC(=O)[C@@H]1C[C@@H](OC(=O)N2Cc3cccc(F)c3C2)CN1C(C)=O)C(=O)NS(=O)(=O)c1ccccc1NCCCCCC. The molecule has 3 aliphatic rings. The number of sulfonamides is 1. The Hall–Kier alpha value is -4.66. The van der Waals surface area contributed by atoms with Crippen molar-refractivity contribution in [2.45, 2.75) is 94.1 Å². The highest BCUT2D eigenvalue weighted by atomic mass is 32.2. The highest BCUT2D eigenvalue weighted by Crippen LogP contribution is 2.41. The number of anilines is 1. The molecule has 3 N–H and O–H groups in total. The van der Waals surface area contributed by atoms with Gasteiger partial charge in [0, 0.05) is 38.4 Å². The molecule has 2 heterocycles. The fourth-order valence-corrected chi connectivity index (χ4v) is 7.56. The lowest BCUT2D eigenvalue weighted by Crippen LogP contribution is -2.57. The summed E-state index contributed by atoms with van der Waals surface area (Å²) in [5.41, 5.74) is -0.371. The van der Waals surface area contributed by atoms with Crippen molar-refractivity contribution in [1.82, 2.24) is 19.8 Å². The van der Waals surface area contributed by atoms with Crippen molar-refractivity contribution in [2.75, 3.05) is 18.4 Å². The molecule has 2 aliphatic heterocycles. The Balaban J connectivity index is 1.25. The summed E-state index contributed by atoms with van der Waals surface area (Å²) in [6.07, 6.45) is 2.41. The van der Waals surface area contributed by atoms with Crippen LogP contribution in [0.4, 0.5) is 14.9 Å². The number of nitrogens with zero attached hydrogens (tertiary/aromatic N) is 2. The predicted octanol–water partition coefficient (Wildman–Crippen LogP) is 3.55. The molecule has 1 aliphatic carbocycles. The van der Waals surface area contributed by atoms with E-state index in [1.807, 2.05) is 0 Å². The first-order chi connectivity index (χ1) is 23.4. The van der Waals surface area contributed by atoms with Gasteiger partial charge in [-0.05, 0) is 30.2 Å². The van der Waals surface area contributed by atoms with E-state index in [4.69, 9.17) is 9.47 Å². The summed E-state index contributed by atoms with van der Waals surface area (Å²) in [6.45, 7) is 7.50. The first-order valence-corrected chi connectivity index (χ1v) is 17.9.